The Morgan fingerprint density at radius 3 is 2.35 bits per heavy atom. The fourth-order valence-electron chi connectivity index (χ4n) is 5.14. The number of benzene rings is 2. The summed E-state index contributed by atoms with van der Waals surface area (Å²) in [7, 11) is 0. The molecular weight excluding hydrogens is 460 g/mol. The summed E-state index contributed by atoms with van der Waals surface area (Å²) in [6.45, 7) is 7.48. The summed E-state index contributed by atoms with van der Waals surface area (Å²) in [6, 6.07) is 17.2. The van der Waals surface area contributed by atoms with Gasteiger partial charge in [-0.1, -0.05) is 55.5 Å². The lowest BCUT2D eigenvalue weighted by molar-refractivity contribution is 0.623. The monoisotopic (exact) mass is 492 g/mol. The first-order valence-corrected chi connectivity index (χ1v) is 13.1. The van der Waals surface area contributed by atoms with E-state index in [-0.39, 0.29) is 5.92 Å². The van der Waals surface area contributed by atoms with Crippen LogP contribution in [0.25, 0.3) is 0 Å². The number of rotatable bonds is 6. The molecule has 1 N–H and O–H groups in total. The highest BCUT2D eigenvalue weighted by atomic mass is 15.4. The Bertz CT molecular complexity index is 1330. The number of fused-ring (bicyclic) bond motifs is 1. The number of aromatic nitrogens is 5. The van der Waals surface area contributed by atoms with Crippen LogP contribution in [0.15, 0.2) is 67.3 Å². The van der Waals surface area contributed by atoms with Crippen molar-refractivity contribution in [3.8, 4) is 0 Å². The zero-order valence-electron chi connectivity index (χ0n) is 21.2. The molecule has 1 atom stereocenters. The van der Waals surface area contributed by atoms with Gasteiger partial charge in [0.25, 0.3) is 0 Å². The zero-order chi connectivity index (χ0) is 25.0. The van der Waals surface area contributed by atoms with E-state index < -0.39 is 0 Å². The SMILES string of the molecule is CC(c1ccccc1)c1cnc(N2CCN(c3ncnc(Cc4ccc5c(c4)CNCC5)n3)CC2)nc1. The molecule has 1 unspecified atom stereocenters. The first-order valence-electron chi connectivity index (χ1n) is 13.1. The molecule has 0 radical (unpaired) electrons. The van der Waals surface area contributed by atoms with Crippen LogP contribution >= 0.6 is 0 Å². The molecule has 2 aromatic carbocycles. The third-order valence-electron chi connectivity index (χ3n) is 7.43. The molecule has 2 aromatic heterocycles. The van der Waals surface area contributed by atoms with E-state index in [2.05, 4.69) is 84.4 Å². The van der Waals surface area contributed by atoms with Crippen LogP contribution in [0.4, 0.5) is 11.9 Å². The van der Waals surface area contributed by atoms with Gasteiger partial charge in [0.05, 0.1) is 0 Å². The van der Waals surface area contributed by atoms with Gasteiger partial charge in [-0.05, 0) is 40.8 Å². The van der Waals surface area contributed by atoms with Crippen LogP contribution in [0.2, 0.25) is 0 Å². The minimum Gasteiger partial charge on any atom is -0.337 e. The smallest absolute Gasteiger partial charge is 0.228 e. The predicted octanol–water partition coefficient (Wildman–Crippen LogP) is 3.38. The summed E-state index contributed by atoms with van der Waals surface area (Å²) in [6.07, 6.45) is 7.37. The number of hydrogen-bond acceptors (Lipinski definition) is 8. The average molecular weight is 493 g/mol. The van der Waals surface area contributed by atoms with Gasteiger partial charge in [-0.3, -0.25) is 0 Å². The number of nitrogens with zero attached hydrogens (tertiary/aromatic N) is 7. The third-order valence-corrected chi connectivity index (χ3v) is 7.43. The summed E-state index contributed by atoms with van der Waals surface area (Å²) in [5.74, 6) is 2.60. The molecule has 8 nitrogen and oxygen atoms in total. The normalized spacial score (nSPS) is 16.4. The summed E-state index contributed by atoms with van der Waals surface area (Å²) in [4.78, 5) is 27.6. The second-order valence-electron chi connectivity index (χ2n) is 9.83. The van der Waals surface area contributed by atoms with Gasteiger partial charge in [-0.2, -0.15) is 4.98 Å². The van der Waals surface area contributed by atoms with E-state index in [4.69, 9.17) is 4.98 Å². The van der Waals surface area contributed by atoms with E-state index in [1.807, 2.05) is 18.5 Å². The van der Waals surface area contributed by atoms with Crippen LogP contribution in [-0.2, 0) is 19.4 Å². The van der Waals surface area contributed by atoms with Gasteiger partial charge in [-0.15, -0.1) is 0 Å². The van der Waals surface area contributed by atoms with Gasteiger partial charge in [0.1, 0.15) is 12.2 Å². The predicted molar refractivity (Wildman–Crippen MR) is 145 cm³/mol. The summed E-state index contributed by atoms with van der Waals surface area (Å²) in [5, 5.41) is 3.45. The first kappa shape index (κ1) is 23.5. The molecular formula is C29H32N8. The molecule has 8 heteroatoms. The molecule has 6 rings (SSSR count). The standard InChI is InChI=1S/C29H32N8/c1-21(23-5-3-2-4-6-23)26-18-31-28(32-19-26)36-11-13-37(14-12-36)29-34-20-33-27(35-29)16-22-7-8-24-9-10-30-17-25(24)15-22/h2-8,15,18-21,30H,9-14,16-17H2,1H3. The molecule has 188 valence electrons. The molecule has 0 amide bonds. The molecule has 1 saturated heterocycles. The van der Waals surface area contributed by atoms with Crippen LogP contribution in [-0.4, -0.2) is 57.6 Å². The fraction of sp³-hybridized carbons (Fsp3) is 0.345. The van der Waals surface area contributed by atoms with Crippen molar-refractivity contribution in [1.29, 1.82) is 0 Å². The summed E-state index contributed by atoms with van der Waals surface area (Å²) < 4.78 is 0. The van der Waals surface area contributed by atoms with Gasteiger partial charge < -0.3 is 15.1 Å². The van der Waals surface area contributed by atoms with E-state index in [1.165, 1.54) is 22.3 Å². The van der Waals surface area contributed by atoms with Crippen molar-refractivity contribution in [3.05, 3.63) is 101 Å². The van der Waals surface area contributed by atoms with E-state index in [0.29, 0.717) is 6.42 Å². The van der Waals surface area contributed by atoms with Gasteiger partial charge in [0.15, 0.2) is 0 Å². The molecule has 2 aliphatic heterocycles. The highest BCUT2D eigenvalue weighted by Crippen LogP contribution is 2.24. The van der Waals surface area contributed by atoms with Crippen molar-refractivity contribution in [3.63, 3.8) is 0 Å². The lowest BCUT2D eigenvalue weighted by Crippen LogP contribution is -2.47. The van der Waals surface area contributed by atoms with Crippen molar-refractivity contribution in [2.24, 2.45) is 0 Å². The molecule has 0 saturated carbocycles. The summed E-state index contributed by atoms with van der Waals surface area (Å²) in [5.41, 5.74) is 6.47. The topological polar surface area (TPSA) is 83.0 Å². The fourth-order valence-corrected chi connectivity index (χ4v) is 5.14. The maximum Gasteiger partial charge on any atom is 0.228 e. The van der Waals surface area contributed by atoms with Crippen LogP contribution in [0.1, 0.15) is 46.5 Å². The Hall–Kier alpha value is -3.91. The van der Waals surface area contributed by atoms with Crippen molar-refractivity contribution in [2.45, 2.75) is 32.2 Å². The van der Waals surface area contributed by atoms with E-state index in [0.717, 1.165) is 69.0 Å². The Balaban J connectivity index is 1.07. The van der Waals surface area contributed by atoms with Crippen LogP contribution < -0.4 is 15.1 Å². The van der Waals surface area contributed by atoms with Gasteiger partial charge in [0.2, 0.25) is 11.9 Å². The number of nitrogens with one attached hydrogen (secondary N) is 1. The van der Waals surface area contributed by atoms with Crippen LogP contribution in [0.5, 0.6) is 0 Å². The average Bonchev–Trinajstić information content (AvgIpc) is 2.97. The Labute approximate surface area is 217 Å². The van der Waals surface area contributed by atoms with Gasteiger partial charge >= 0.3 is 0 Å². The number of piperazine rings is 1. The number of anilines is 2. The minimum atomic E-state index is 0.267. The zero-order valence-corrected chi connectivity index (χ0v) is 21.2. The summed E-state index contributed by atoms with van der Waals surface area (Å²) >= 11 is 0. The van der Waals surface area contributed by atoms with Crippen molar-refractivity contribution in [1.82, 2.24) is 30.2 Å². The Morgan fingerprint density at radius 2 is 1.57 bits per heavy atom. The highest BCUT2D eigenvalue weighted by Gasteiger charge is 2.22. The largest absolute Gasteiger partial charge is 0.337 e. The lowest BCUT2D eigenvalue weighted by atomic mass is 9.96. The molecule has 1 fully saturated rings. The second-order valence-corrected chi connectivity index (χ2v) is 9.83. The Kier molecular flexibility index (Phi) is 6.73. The van der Waals surface area contributed by atoms with Crippen molar-refractivity contribution < 1.29 is 0 Å². The molecule has 4 aromatic rings. The van der Waals surface area contributed by atoms with Crippen molar-refractivity contribution in [2.75, 3.05) is 42.5 Å². The quantitative estimate of drug-likeness (QED) is 0.439. The van der Waals surface area contributed by atoms with Crippen molar-refractivity contribution >= 4 is 11.9 Å². The van der Waals surface area contributed by atoms with E-state index in [1.54, 1.807) is 6.33 Å². The van der Waals surface area contributed by atoms with E-state index in [9.17, 15) is 0 Å². The molecule has 4 heterocycles. The van der Waals surface area contributed by atoms with Crippen LogP contribution in [0.3, 0.4) is 0 Å². The highest BCUT2D eigenvalue weighted by molar-refractivity contribution is 5.39. The lowest BCUT2D eigenvalue weighted by Gasteiger charge is -2.34. The van der Waals surface area contributed by atoms with E-state index >= 15 is 0 Å². The molecule has 37 heavy (non-hydrogen) atoms. The third kappa shape index (κ3) is 5.29. The minimum absolute atomic E-state index is 0.267. The van der Waals surface area contributed by atoms with Gasteiger partial charge in [-0.25, -0.2) is 19.9 Å². The molecule has 0 spiro atoms. The van der Waals surface area contributed by atoms with Gasteiger partial charge in [0, 0.05) is 57.5 Å². The Morgan fingerprint density at radius 1 is 0.811 bits per heavy atom. The molecule has 0 bridgehead atoms. The van der Waals surface area contributed by atoms with Crippen LogP contribution in [0, 0.1) is 0 Å². The molecule has 2 aliphatic rings. The first-order chi connectivity index (χ1) is 18.2. The maximum absolute atomic E-state index is 4.80. The number of hydrogen-bond donors (Lipinski definition) is 1. The maximum atomic E-state index is 4.80. The second kappa shape index (κ2) is 10.6. The molecule has 0 aliphatic carbocycles.